The van der Waals surface area contributed by atoms with Gasteiger partial charge in [0.15, 0.2) is 12.4 Å². The van der Waals surface area contributed by atoms with Crippen LogP contribution in [0.15, 0.2) is 30.3 Å². The average Bonchev–Trinajstić information content (AvgIpc) is 2.80. The highest BCUT2D eigenvalue weighted by Crippen LogP contribution is 2.25. The van der Waals surface area contributed by atoms with Gasteiger partial charge in [-0.1, -0.05) is 18.2 Å². The predicted molar refractivity (Wildman–Crippen MR) is 74.0 cm³/mol. The highest BCUT2D eigenvalue weighted by Gasteiger charge is 2.47. The van der Waals surface area contributed by atoms with Crippen molar-refractivity contribution >= 4 is 11.9 Å². The van der Waals surface area contributed by atoms with Crippen LogP contribution in [0.1, 0.15) is 17.3 Å². The smallest absolute Gasteiger partial charge is 0.338 e. The third-order valence-electron chi connectivity index (χ3n) is 3.25. The molecule has 0 bridgehead atoms. The number of methoxy groups -OCH3 is 1. The Kier molecular flexibility index (Phi) is 5.48. The van der Waals surface area contributed by atoms with Crippen molar-refractivity contribution in [3.8, 4) is 0 Å². The quantitative estimate of drug-likeness (QED) is 0.792. The number of carbonyl (C=O) groups is 2. The number of benzene rings is 1. The van der Waals surface area contributed by atoms with Crippen LogP contribution in [0.4, 0.5) is 0 Å². The molecular formula is C15H18O7. The van der Waals surface area contributed by atoms with Crippen LogP contribution in [0.2, 0.25) is 0 Å². The SMILES string of the molecule is CO[C@@H]1[C@@H](COC(=O)c2ccccc2)OC(O)[C@@H]1OC(C)=O. The summed E-state index contributed by atoms with van der Waals surface area (Å²) in [6.07, 6.45) is -3.73. The molecule has 0 spiro atoms. The maximum Gasteiger partial charge on any atom is 0.338 e. The number of hydrogen-bond donors (Lipinski definition) is 1. The van der Waals surface area contributed by atoms with E-state index in [-0.39, 0.29) is 6.61 Å². The van der Waals surface area contributed by atoms with Gasteiger partial charge in [0.05, 0.1) is 5.56 Å². The van der Waals surface area contributed by atoms with Gasteiger partial charge in [-0.25, -0.2) is 4.79 Å². The van der Waals surface area contributed by atoms with Crippen molar-refractivity contribution in [2.75, 3.05) is 13.7 Å². The van der Waals surface area contributed by atoms with Crippen LogP contribution >= 0.6 is 0 Å². The Balaban J connectivity index is 1.95. The second-order valence-electron chi connectivity index (χ2n) is 4.80. The molecule has 2 rings (SSSR count). The summed E-state index contributed by atoms with van der Waals surface area (Å²) in [4.78, 5) is 22.9. The molecule has 0 amide bonds. The minimum Gasteiger partial charge on any atom is -0.459 e. The van der Waals surface area contributed by atoms with Gasteiger partial charge in [-0.05, 0) is 12.1 Å². The lowest BCUT2D eigenvalue weighted by molar-refractivity contribution is -0.171. The number of aliphatic hydroxyl groups excluding tert-OH is 1. The minimum absolute atomic E-state index is 0.124. The molecule has 1 aliphatic rings. The molecule has 7 nitrogen and oxygen atoms in total. The van der Waals surface area contributed by atoms with Crippen LogP contribution in [0.5, 0.6) is 0 Å². The van der Waals surface area contributed by atoms with Gasteiger partial charge < -0.3 is 24.1 Å². The van der Waals surface area contributed by atoms with Crippen molar-refractivity contribution in [2.24, 2.45) is 0 Å². The van der Waals surface area contributed by atoms with E-state index in [0.717, 1.165) is 0 Å². The van der Waals surface area contributed by atoms with Crippen LogP contribution in [0.25, 0.3) is 0 Å². The van der Waals surface area contributed by atoms with Crippen molar-refractivity contribution in [2.45, 2.75) is 31.5 Å². The minimum atomic E-state index is -1.32. The monoisotopic (exact) mass is 310 g/mol. The van der Waals surface area contributed by atoms with E-state index in [0.29, 0.717) is 5.56 Å². The number of ether oxygens (including phenoxy) is 4. The molecule has 0 saturated carbocycles. The Morgan fingerprint density at radius 2 is 1.91 bits per heavy atom. The molecule has 0 aromatic heterocycles. The van der Waals surface area contributed by atoms with Gasteiger partial charge in [0, 0.05) is 14.0 Å². The molecule has 1 aliphatic heterocycles. The highest BCUT2D eigenvalue weighted by molar-refractivity contribution is 5.89. The molecule has 7 heteroatoms. The zero-order chi connectivity index (χ0) is 16.1. The standard InChI is InChI=1S/C15H18O7/c1-9(16)21-13-12(19-2)11(22-15(13)18)8-20-14(17)10-6-4-3-5-7-10/h3-7,11-13,15,18H,8H2,1-2H3/t11-,12-,13-,15?/m1/s1. The molecule has 1 aromatic rings. The van der Waals surface area contributed by atoms with E-state index in [4.69, 9.17) is 18.9 Å². The maximum atomic E-state index is 11.9. The molecule has 1 saturated heterocycles. The van der Waals surface area contributed by atoms with E-state index >= 15 is 0 Å². The molecule has 1 fully saturated rings. The van der Waals surface area contributed by atoms with E-state index in [1.54, 1.807) is 30.3 Å². The molecule has 4 atom stereocenters. The molecule has 1 heterocycles. The summed E-state index contributed by atoms with van der Waals surface area (Å²) in [5.74, 6) is -1.07. The lowest BCUT2D eigenvalue weighted by Crippen LogP contribution is -2.39. The van der Waals surface area contributed by atoms with Gasteiger partial charge in [-0.15, -0.1) is 0 Å². The summed E-state index contributed by atoms with van der Waals surface area (Å²) in [6, 6.07) is 8.49. The Morgan fingerprint density at radius 1 is 1.23 bits per heavy atom. The normalized spacial score (nSPS) is 27.4. The summed E-state index contributed by atoms with van der Waals surface area (Å²) in [6.45, 7) is 1.10. The lowest BCUT2D eigenvalue weighted by atomic mass is 10.1. The van der Waals surface area contributed by atoms with Crippen LogP contribution < -0.4 is 0 Å². The number of carbonyl (C=O) groups excluding carboxylic acids is 2. The van der Waals surface area contributed by atoms with Gasteiger partial charge in [0.1, 0.15) is 18.8 Å². The Morgan fingerprint density at radius 3 is 2.50 bits per heavy atom. The van der Waals surface area contributed by atoms with Crippen molar-refractivity contribution in [1.82, 2.24) is 0 Å². The molecule has 1 aromatic carbocycles. The molecule has 0 radical (unpaired) electrons. The molecule has 0 aliphatic carbocycles. The molecule has 120 valence electrons. The Hall–Kier alpha value is -1.96. The second-order valence-corrected chi connectivity index (χ2v) is 4.80. The maximum absolute atomic E-state index is 11.9. The molecule has 1 unspecified atom stereocenters. The largest absolute Gasteiger partial charge is 0.459 e. The Labute approximate surface area is 127 Å². The van der Waals surface area contributed by atoms with E-state index in [9.17, 15) is 14.7 Å². The summed E-state index contributed by atoms with van der Waals surface area (Å²) >= 11 is 0. The predicted octanol–water partition coefficient (Wildman–Crippen LogP) is 0.507. The van der Waals surface area contributed by atoms with E-state index in [2.05, 4.69) is 0 Å². The van der Waals surface area contributed by atoms with Gasteiger partial charge >= 0.3 is 11.9 Å². The zero-order valence-corrected chi connectivity index (χ0v) is 12.3. The second kappa shape index (κ2) is 7.35. The first kappa shape index (κ1) is 16.4. The molecule has 22 heavy (non-hydrogen) atoms. The van der Waals surface area contributed by atoms with Gasteiger partial charge in [0.2, 0.25) is 0 Å². The van der Waals surface area contributed by atoms with Crippen LogP contribution in [-0.4, -0.2) is 55.4 Å². The first-order chi connectivity index (χ1) is 10.5. The molecular weight excluding hydrogens is 292 g/mol. The summed E-state index contributed by atoms with van der Waals surface area (Å²) < 4.78 is 20.6. The topological polar surface area (TPSA) is 91.3 Å². The van der Waals surface area contributed by atoms with Gasteiger partial charge in [-0.2, -0.15) is 0 Å². The molecule has 1 N–H and O–H groups in total. The van der Waals surface area contributed by atoms with Crippen molar-refractivity contribution in [3.05, 3.63) is 35.9 Å². The first-order valence-electron chi connectivity index (χ1n) is 6.78. The van der Waals surface area contributed by atoms with Crippen LogP contribution in [-0.2, 0) is 23.7 Å². The zero-order valence-electron chi connectivity index (χ0n) is 12.3. The highest BCUT2D eigenvalue weighted by atomic mass is 16.7. The van der Waals surface area contributed by atoms with Gasteiger partial charge in [-0.3, -0.25) is 4.79 Å². The number of hydrogen-bond acceptors (Lipinski definition) is 7. The van der Waals surface area contributed by atoms with Crippen molar-refractivity contribution < 1.29 is 33.6 Å². The lowest BCUT2D eigenvalue weighted by Gasteiger charge is -2.20. The fourth-order valence-electron chi connectivity index (χ4n) is 2.26. The van der Waals surface area contributed by atoms with Crippen molar-refractivity contribution in [3.63, 3.8) is 0 Å². The van der Waals surface area contributed by atoms with E-state index in [1.807, 2.05) is 0 Å². The van der Waals surface area contributed by atoms with Crippen LogP contribution in [0.3, 0.4) is 0 Å². The van der Waals surface area contributed by atoms with E-state index < -0.39 is 36.5 Å². The number of aliphatic hydroxyl groups is 1. The Bertz CT molecular complexity index is 516. The average molecular weight is 310 g/mol. The summed E-state index contributed by atoms with van der Waals surface area (Å²) in [7, 11) is 1.40. The summed E-state index contributed by atoms with van der Waals surface area (Å²) in [5, 5.41) is 9.77. The number of esters is 2. The van der Waals surface area contributed by atoms with Gasteiger partial charge in [0.25, 0.3) is 0 Å². The third kappa shape index (κ3) is 3.82. The fraction of sp³-hybridized carbons (Fsp3) is 0.467. The fourth-order valence-corrected chi connectivity index (χ4v) is 2.26. The summed E-state index contributed by atoms with van der Waals surface area (Å²) in [5.41, 5.74) is 0.409. The van der Waals surface area contributed by atoms with Crippen molar-refractivity contribution in [1.29, 1.82) is 0 Å². The number of rotatable bonds is 5. The third-order valence-corrected chi connectivity index (χ3v) is 3.25. The van der Waals surface area contributed by atoms with E-state index in [1.165, 1.54) is 14.0 Å². The first-order valence-corrected chi connectivity index (χ1v) is 6.78. The van der Waals surface area contributed by atoms with Crippen LogP contribution in [0, 0.1) is 0 Å².